The summed E-state index contributed by atoms with van der Waals surface area (Å²) in [6, 6.07) is 0. The second-order valence-electron chi connectivity index (χ2n) is 36.0. The summed E-state index contributed by atoms with van der Waals surface area (Å²) >= 11 is 0. The standard InChI is InChI=1S/C115H198O16P2/c1-4-7-10-13-16-19-22-25-28-31-34-37-40-43-46-49-51-53-54-56-58-60-62-65-68-71-74-77-80-83-86-89-92-95-98-101-113(118)125-104-110(116)105-127-132(121,122)128-106-111(117)107-129-133(123,124)130-109-112(131-115(120)103-100-97-94-91-88-85-82-79-76-73-70-67-64-59-48-45-42-39-36-33-30-27-24-21-18-15-12-9-6-3)108-126-114(119)102-99-96-93-90-87-84-81-78-75-72-69-66-63-61-57-55-52-50-47-44-41-38-35-32-29-26-23-20-17-14-11-8-5-2/h7,9-10,12,16-21,25-30,34-39,43-48,64,67,110-112,116-117H,4-6,8,11,13-15,22-24,31-33,40-42,49-63,65-66,68-109H2,1-3H3,(H,121,122)(H,123,124)/b10-7-,12-9-,19-16-,20-17-,21-18-,28-25-,29-26-,30-27-,37-34-,38-35-,39-36-,46-43-,47-44-,48-45-,67-64-. The van der Waals surface area contributed by atoms with Gasteiger partial charge in [0, 0.05) is 19.3 Å². The Labute approximate surface area is 815 Å². The molecule has 0 amide bonds. The first-order valence-electron chi connectivity index (χ1n) is 54.1. The summed E-state index contributed by atoms with van der Waals surface area (Å²) in [6.07, 6.45) is 141. The van der Waals surface area contributed by atoms with Crippen LogP contribution in [0.1, 0.15) is 470 Å². The minimum absolute atomic E-state index is 0.0960. The Morgan fingerprint density at radius 1 is 0.218 bits per heavy atom. The normalized spacial score (nSPS) is 14.3. The van der Waals surface area contributed by atoms with Crippen molar-refractivity contribution in [3.05, 3.63) is 182 Å². The average Bonchev–Trinajstić information content (AvgIpc) is 0.896. The van der Waals surface area contributed by atoms with Crippen LogP contribution in [0.2, 0.25) is 0 Å². The molecule has 18 heteroatoms. The van der Waals surface area contributed by atoms with Crippen LogP contribution < -0.4 is 0 Å². The number of phosphoric acid groups is 2. The summed E-state index contributed by atoms with van der Waals surface area (Å²) in [5, 5.41) is 20.8. The molecular formula is C115H198O16P2. The highest BCUT2D eigenvalue weighted by Gasteiger charge is 2.30. The van der Waals surface area contributed by atoms with Gasteiger partial charge in [-0.15, -0.1) is 0 Å². The summed E-state index contributed by atoms with van der Waals surface area (Å²) < 4.78 is 61.8. The molecule has 4 N–H and O–H groups in total. The number of hydrogen-bond donors (Lipinski definition) is 4. The Bertz CT molecular complexity index is 3150. The quantitative estimate of drug-likeness (QED) is 0.0146. The molecule has 0 fully saturated rings. The van der Waals surface area contributed by atoms with Crippen LogP contribution in [0.15, 0.2) is 182 Å². The van der Waals surface area contributed by atoms with Gasteiger partial charge in [-0.3, -0.25) is 32.5 Å². The van der Waals surface area contributed by atoms with E-state index in [0.717, 1.165) is 161 Å². The van der Waals surface area contributed by atoms with E-state index in [4.69, 9.17) is 32.3 Å². The molecule has 0 heterocycles. The second-order valence-corrected chi connectivity index (χ2v) is 38.9. The third-order valence-electron chi connectivity index (χ3n) is 23.1. The van der Waals surface area contributed by atoms with Crippen LogP contribution >= 0.6 is 15.6 Å². The lowest BCUT2D eigenvalue weighted by Gasteiger charge is -2.21. The van der Waals surface area contributed by atoms with Gasteiger partial charge in [0.2, 0.25) is 0 Å². The Morgan fingerprint density at radius 2 is 0.398 bits per heavy atom. The molecule has 16 nitrogen and oxygen atoms in total. The summed E-state index contributed by atoms with van der Waals surface area (Å²) in [5.41, 5.74) is 0. The number of aliphatic hydroxyl groups is 2. The molecule has 0 saturated heterocycles. The van der Waals surface area contributed by atoms with E-state index in [1.807, 2.05) is 0 Å². The monoisotopic (exact) mass is 1900 g/mol. The highest BCUT2D eigenvalue weighted by atomic mass is 31.2. The molecule has 0 aliphatic carbocycles. The van der Waals surface area contributed by atoms with Crippen molar-refractivity contribution < 1.29 is 75.8 Å². The molecule has 5 atom stereocenters. The predicted molar refractivity (Wildman–Crippen MR) is 565 cm³/mol. The molecule has 0 radical (unpaired) electrons. The largest absolute Gasteiger partial charge is 0.472 e. The van der Waals surface area contributed by atoms with Crippen LogP contribution in [0.4, 0.5) is 0 Å². The minimum Gasteiger partial charge on any atom is -0.463 e. The van der Waals surface area contributed by atoms with Crippen LogP contribution in [0, 0.1) is 0 Å². The van der Waals surface area contributed by atoms with Crippen molar-refractivity contribution >= 4 is 33.6 Å². The third kappa shape index (κ3) is 107. The maximum atomic E-state index is 13.1. The van der Waals surface area contributed by atoms with E-state index >= 15 is 0 Å². The number of aliphatic hydroxyl groups excluding tert-OH is 2. The van der Waals surface area contributed by atoms with Gasteiger partial charge in [0.25, 0.3) is 0 Å². The number of esters is 3. The molecule has 0 aromatic rings. The van der Waals surface area contributed by atoms with Gasteiger partial charge < -0.3 is 34.2 Å². The molecular weight excluding hydrogens is 1700 g/mol. The van der Waals surface area contributed by atoms with Gasteiger partial charge in [-0.1, -0.05) is 473 Å². The molecule has 133 heavy (non-hydrogen) atoms. The van der Waals surface area contributed by atoms with E-state index in [1.54, 1.807) is 0 Å². The number of phosphoric ester groups is 2. The van der Waals surface area contributed by atoms with E-state index < -0.39 is 91.5 Å². The van der Waals surface area contributed by atoms with Gasteiger partial charge in [0.05, 0.1) is 26.4 Å². The van der Waals surface area contributed by atoms with Crippen molar-refractivity contribution in [3.8, 4) is 0 Å². The summed E-state index contributed by atoms with van der Waals surface area (Å²) in [5.74, 6) is -1.56. The lowest BCUT2D eigenvalue weighted by Crippen LogP contribution is -2.30. The van der Waals surface area contributed by atoms with E-state index in [-0.39, 0.29) is 19.3 Å². The van der Waals surface area contributed by atoms with E-state index in [2.05, 4.69) is 203 Å². The Hall–Kier alpha value is -5.35. The van der Waals surface area contributed by atoms with Crippen LogP contribution in [0.5, 0.6) is 0 Å². The number of ether oxygens (including phenoxy) is 3. The van der Waals surface area contributed by atoms with E-state index in [9.17, 15) is 43.5 Å². The zero-order chi connectivity index (χ0) is 96.4. The SMILES string of the molecule is CC/C=C\C/C=C\C/C=C\C/C=C\C/C=C\C/C=C\CCCCCCCCCCCCC(=O)OC(COC(=O)CCCCCCCCCCCCCCCCCCC/C=C\C/C=C\C/C=C\C/C=C\CCCCC)COP(=O)(O)OCC(O)COP(=O)(O)OCC(O)COC(=O)CCCCCCCCCCCCCCCCCCCCC/C=C\C/C=C\C/C=C\C/C=C\C/C=C\CC. The second kappa shape index (κ2) is 106. The highest BCUT2D eigenvalue weighted by Crippen LogP contribution is 2.45. The first kappa shape index (κ1) is 128. The third-order valence-corrected chi connectivity index (χ3v) is 25.0. The molecule has 0 aromatic heterocycles. The first-order chi connectivity index (χ1) is 65.2. The van der Waals surface area contributed by atoms with Crippen LogP contribution in [0.3, 0.4) is 0 Å². The number of carbonyl (C=O) groups is 3. The number of unbranched alkanes of at least 4 members (excludes halogenated alkanes) is 49. The Morgan fingerprint density at radius 3 is 0.632 bits per heavy atom. The fraction of sp³-hybridized carbons (Fsp3) is 0.713. The van der Waals surface area contributed by atoms with Crippen LogP contribution in [-0.2, 0) is 55.8 Å². The van der Waals surface area contributed by atoms with Crippen LogP contribution in [-0.4, -0.2) is 95.9 Å². The van der Waals surface area contributed by atoms with Gasteiger partial charge in [-0.05, 0) is 161 Å². The molecule has 5 unspecified atom stereocenters. The highest BCUT2D eigenvalue weighted by molar-refractivity contribution is 7.47. The van der Waals surface area contributed by atoms with Gasteiger partial charge in [-0.2, -0.15) is 0 Å². The van der Waals surface area contributed by atoms with Gasteiger partial charge in [-0.25, -0.2) is 9.13 Å². The van der Waals surface area contributed by atoms with Gasteiger partial charge in [0.1, 0.15) is 25.4 Å². The molecule has 0 saturated carbocycles. The summed E-state index contributed by atoms with van der Waals surface area (Å²) in [7, 11) is -9.82. The Kier molecular flexibility index (Phi) is 101. The lowest BCUT2D eigenvalue weighted by molar-refractivity contribution is -0.161. The average molecular weight is 1900 g/mol. The number of allylic oxidation sites excluding steroid dienone is 30. The van der Waals surface area contributed by atoms with Crippen LogP contribution in [0.25, 0.3) is 0 Å². The predicted octanol–water partition coefficient (Wildman–Crippen LogP) is 34.7. The number of rotatable bonds is 102. The lowest BCUT2D eigenvalue weighted by atomic mass is 10.0. The zero-order valence-corrected chi connectivity index (χ0v) is 86.7. The van der Waals surface area contributed by atoms with Crippen molar-refractivity contribution in [2.24, 2.45) is 0 Å². The molecule has 0 aliphatic heterocycles. The molecule has 0 bridgehead atoms. The smallest absolute Gasteiger partial charge is 0.463 e. The molecule has 764 valence electrons. The fourth-order valence-electron chi connectivity index (χ4n) is 15.0. The van der Waals surface area contributed by atoms with Gasteiger partial charge >= 0.3 is 33.6 Å². The van der Waals surface area contributed by atoms with Crippen molar-refractivity contribution in [1.82, 2.24) is 0 Å². The van der Waals surface area contributed by atoms with Crippen molar-refractivity contribution in [1.29, 1.82) is 0 Å². The number of hydrogen-bond acceptors (Lipinski definition) is 14. The summed E-state index contributed by atoms with van der Waals surface area (Å²) in [4.78, 5) is 59.3. The maximum Gasteiger partial charge on any atom is 0.472 e. The van der Waals surface area contributed by atoms with Gasteiger partial charge in [0.15, 0.2) is 6.10 Å². The zero-order valence-electron chi connectivity index (χ0n) is 84.9. The van der Waals surface area contributed by atoms with E-state index in [1.165, 1.54) is 250 Å². The summed E-state index contributed by atoms with van der Waals surface area (Å²) in [6.45, 7) is 2.51. The number of carbonyl (C=O) groups excluding carboxylic acids is 3. The first-order valence-corrected chi connectivity index (χ1v) is 57.1. The van der Waals surface area contributed by atoms with Crippen molar-refractivity contribution in [3.63, 3.8) is 0 Å². The maximum absolute atomic E-state index is 13.1. The Balaban J connectivity index is 4.59. The molecule has 0 spiro atoms. The molecule has 0 rings (SSSR count). The molecule has 0 aliphatic rings. The fourth-order valence-corrected chi connectivity index (χ4v) is 16.6. The van der Waals surface area contributed by atoms with Crippen molar-refractivity contribution in [2.45, 2.75) is 489 Å². The topological polar surface area (TPSA) is 231 Å². The van der Waals surface area contributed by atoms with E-state index in [0.29, 0.717) is 19.3 Å². The van der Waals surface area contributed by atoms with Crippen molar-refractivity contribution in [2.75, 3.05) is 39.6 Å². The molecule has 0 aromatic carbocycles. The minimum atomic E-state index is -4.95.